The molecule has 0 bridgehead atoms. The molecule has 150 valence electrons. The second-order valence-corrected chi connectivity index (χ2v) is 9.84. The summed E-state index contributed by atoms with van der Waals surface area (Å²) in [5.41, 5.74) is 0.0235. The van der Waals surface area contributed by atoms with Crippen molar-refractivity contribution in [3.05, 3.63) is 0 Å². The van der Waals surface area contributed by atoms with Crippen molar-refractivity contribution in [2.45, 2.75) is 75.5 Å². The standard InChI is InChI=1S/C20H37N3O2S/c1-23(2)18(16-6-4-3-5-7-16)15-21-19(24)22-17-8-11-25-20(14-17)9-12-26-13-10-20/h16-18H,3-15H2,1-2H3,(H2,21,22,24). The van der Waals surface area contributed by atoms with Crippen LogP contribution < -0.4 is 10.6 Å². The van der Waals surface area contributed by atoms with E-state index in [0.29, 0.717) is 12.0 Å². The Hall–Kier alpha value is -0.460. The second-order valence-electron chi connectivity index (χ2n) is 8.62. The molecule has 6 heteroatoms. The second kappa shape index (κ2) is 9.65. The topological polar surface area (TPSA) is 53.6 Å². The van der Waals surface area contributed by atoms with Crippen molar-refractivity contribution in [1.82, 2.24) is 15.5 Å². The van der Waals surface area contributed by atoms with Crippen molar-refractivity contribution in [2.24, 2.45) is 5.92 Å². The minimum atomic E-state index is -0.0000983. The van der Waals surface area contributed by atoms with Gasteiger partial charge < -0.3 is 20.3 Å². The van der Waals surface area contributed by atoms with E-state index in [9.17, 15) is 4.79 Å². The van der Waals surface area contributed by atoms with Crippen LogP contribution in [-0.4, -0.2) is 67.4 Å². The zero-order valence-corrected chi connectivity index (χ0v) is 17.4. The van der Waals surface area contributed by atoms with Gasteiger partial charge >= 0.3 is 6.03 Å². The van der Waals surface area contributed by atoms with E-state index in [4.69, 9.17) is 4.74 Å². The average Bonchev–Trinajstić information content (AvgIpc) is 2.63. The van der Waals surface area contributed by atoms with Crippen LogP contribution in [0.5, 0.6) is 0 Å². The van der Waals surface area contributed by atoms with Crippen molar-refractivity contribution in [1.29, 1.82) is 0 Å². The molecule has 2 aliphatic heterocycles. The van der Waals surface area contributed by atoms with Crippen LogP contribution in [0.3, 0.4) is 0 Å². The summed E-state index contributed by atoms with van der Waals surface area (Å²) in [6.45, 7) is 1.52. The van der Waals surface area contributed by atoms with E-state index >= 15 is 0 Å². The summed E-state index contributed by atoms with van der Waals surface area (Å²) in [5.74, 6) is 3.08. The van der Waals surface area contributed by atoms with Gasteiger partial charge in [0.1, 0.15) is 0 Å². The van der Waals surface area contributed by atoms with E-state index in [1.165, 1.54) is 43.6 Å². The highest BCUT2D eigenvalue weighted by atomic mass is 32.2. The van der Waals surface area contributed by atoms with Crippen molar-refractivity contribution in [3.63, 3.8) is 0 Å². The third-order valence-corrected chi connectivity index (χ3v) is 7.55. The van der Waals surface area contributed by atoms with E-state index < -0.39 is 0 Å². The fourth-order valence-electron chi connectivity index (χ4n) is 4.97. The zero-order valence-electron chi connectivity index (χ0n) is 16.6. The lowest BCUT2D eigenvalue weighted by atomic mass is 9.83. The molecule has 2 N–H and O–H groups in total. The molecular formula is C20H37N3O2S. The normalized spacial score (nSPS) is 28.0. The van der Waals surface area contributed by atoms with Crippen LogP contribution in [0, 0.1) is 5.92 Å². The number of nitrogens with zero attached hydrogens (tertiary/aromatic N) is 1. The van der Waals surface area contributed by atoms with Crippen molar-refractivity contribution < 1.29 is 9.53 Å². The third-order valence-electron chi connectivity index (χ3n) is 6.56. The number of carbonyl (C=O) groups excluding carboxylic acids is 1. The molecule has 2 amide bonds. The number of ether oxygens (including phenoxy) is 1. The van der Waals surface area contributed by atoms with E-state index in [1.807, 2.05) is 11.8 Å². The molecule has 2 unspecified atom stereocenters. The minimum absolute atomic E-state index is 0.0000983. The van der Waals surface area contributed by atoms with Crippen LogP contribution in [0.2, 0.25) is 0 Å². The Morgan fingerprint density at radius 2 is 1.92 bits per heavy atom. The molecule has 0 aromatic rings. The number of likely N-dealkylation sites (N-methyl/N-ethyl adjacent to an activating group) is 1. The summed E-state index contributed by atoms with van der Waals surface area (Å²) in [4.78, 5) is 14.8. The summed E-state index contributed by atoms with van der Waals surface area (Å²) < 4.78 is 6.14. The first kappa shape index (κ1) is 20.3. The van der Waals surface area contributed by atoms with Gasteiger partial charge in [-0.25, -0.2) is 4.79 Å². The van der Waals surface area contributed by atoms with E-state index in [0.717, 1.165) is 38.8 Å². The van der Waals surface area contributed by atoms with Gasteiger partial charge in [-0.05, 0) is 70.0 Å². The first-order chi connectivity index (χ1) is 12.6. The Morgan fingerprint density at radius 3 is 2.62 bits per heavy atom. The first-order valence-electron chi connectivity index (χ1n) is 10.5. The SMILES string of the molecule is CN(C)C(CNC(=O)NC1CCOC2(CCSCC2)C1)C1CCCCC1. The lowest BCUT2D eigenvalue weighted by Crippen LogP contribution is -2.53. The van der Waals surface area contributed by atoms with Crippen molar-refractivity contribution >= 4 is 17.8 Å². The number of amides is 2. The van der Waals surface area contributed by atoms with Gasteiger partial charge in [0.25, 0.3) is 0 Å². The maximum atomic E-state index is 12.5. The Morgan fingerprint density at radius 1 is 1.19 bits per heavy atom. The van der Waals surface area contributed by atoms with Gasteiger partial charge in [-0.1, -0.05) is 19.3 Å². The van der Waals surface area contributed by atoms with E-state index in [1.54, 1.807) is 0 Å². The fourth-order valence-corrected chi connectivity index (χ4v) is 6.20. The summed E-state index contributed by atoms with van der Waals surface area (Å²) in [6, 6.07) is 0.691. The number of nitrogens with one attached hydrogen (secondary N) is 2. The van der Waals surface area contributed by atoms with Crippen LogP contribution in [0.4, 0.5) is 4.79 Å². The predicted octanol–water partition coefficient (Wildman–Crippen LogP) is 3.24. The number of rotatable bonds is 5. The Bertz CT molecular complexity index is 443. The largest absolute Gasteiger partial charge is 0.375 e. The lowest BCUT2D eigenvalue weighted by molar-refractivity contribution is -0.0916. The fraction of sp³-hybridized carbons (Fsp3) is 0.950. The molecule has 3 fully saturated rings. The van der Waals surface area contributed by atoms with Gasteiger partial charge in [0.15, 0.2) is 0 Å². The highest BCUT2D eigenvalue weighted by Gasteiger charge is 2.39. The maximum absolute atomic E-state index is 12.5. The van der Waals surface area contributed by atoms with Gasteiger partial charge in [-0.2, -0.15) is 11.8 Å². The van der Waals surface area contributed by atoms with Crippen LogP contribution >= 0.6 is 11.8 Å². The zero-order chi connectivity index (χ0) is 18.4. The minimum Gasteiger partial charge on any atom is -0.375 e. The van der Waals surface area contributed by atoms with Gasteiger partial charge in [0.05, 0.1) is 5.60 Å². The molecule has 3 rings (SSSR count). The van der Waals surface area contributed by atoms with Gasteiger partial charge in [0, 0.05) is 25.2 Å². The number of urea groups is 1. The number of thioether (sulfide) groups is 1. The predicted molar refractivity (Wildman–Crippen MR) is 109 cm³/mol. The van der Waals surface area contributed by atoms with Gasteiger partial charge in [-0.3, -0.25) is 0 Å². The molecule has 2 heterocycles. The summed E-state index contributed by atoms with van der Waals surface area (Å²) >= 11 is 2.02. The summed E-state index contributed by atoms with van der Waals surface area (Å²) in [5, 5.41) is 6.40. The molecule has 1 aliphatic carbocycles. The van der Waals surface area contributed by atoms with Crippen molar-refractivity contribution in [2.75, 3.05) is 38.8 Å². The summed E-state index contributed by atoms with van der Waals surface area (Å²) in [7, 11) is 4.28. The third kappa shape index (κ3) is 5.52. The molecule has 2 atom stereocenters. The number of hydrogen-bond acceptors (Lipinski definition) is 4. The molecule has 5 nitrogen and oxygen atoms in total. The maximum Gasteiger partial charge on any atom is 0.315 e. The van der Waals surface area contributed by atoms with Crippen LogP contribution in [0.15, 0.2) is 0 Å². The molecule has 0 aromatic carbocycles. The molecule has 26 heavy (non-hydrogen) atoms. The summed E-state index contributed by atoms with van der Waals surface area (Å²) in [6.07, 6.45) is 10.8. The molecule has 0 aromatic heterocycles. The average molecular weight is 384 g/mol. The van der Waals surface area contributed by atoms with Crippen LogP contribution in [0.25, 0.3) is 0 Å². The van der Waals surface area contributed by atoms with Crippen LogP contribution in [0.1, 0.15) is 57.8 Å². The Balaban J connectivity index is 1.45. The number of hydrogen-bond donors (Lipinski definition) is 2. The lowest BCUT2D eigenvalue weighted by Gasteiger charge is -2.43. The van der Waals surface area contributed by atoms with Crippen LogP contribution in [-0.2, 0) is 4.74 Å². The molecule has 0 radical (unpaired) electrons. The monoisotopic (exact) mass is 383 g/mol. The molecule has 1 spiro atoms. The quantitative estimate of drug-likeness (QED) is 0.765. The van der Waals surface area contributed by atoms with Crippen molar-refractivity contribution in [3.8, 4) is 0 Å². The molecular weight excluding hydrogens is 346 g/mol. The van der Waals surface area contributed by atoms with Gasteiger partial charge in [-0.15, -0.1) is 0 Å². The Kier molecular flexibility index (Phi) is 7.53. The molecule has 3 aliphatic rings. The number of carbonyl (C=O) groups is 1. The molecule has 2 saturated heterocycles. The highest BCUT2D eigenvalue weighted by molar-refractivity contribution is 7.99. The van der Waals surface area contributed by atoms with Gasteiger partial charge in [0.2, 0.25) is 0 Å². The first-order valence-corrected chi connectivity index (χ1v) is 11.7. The molecule has 1 saturated carbocycles. The van der Waals surface area contributed by atoms with E-state index in [-0.39, 0.29) is 17.7 Å². The van der Waals surface area contributed by atoms with E-state index in [2.05, 4.69) is 29.6 Å². The highest BCUT2D eigenvalue weighted by Crippen LogP contribution is 2.37. The Labute approximate surface area is 163 Å². The smallest absolute Gasteiger partial charge is 0.315 e.